The molecule has 0 fully saturated rings. The van der Waals surface area contributed by atoms with Crippen molar-refractivity contribution in [2.45, 2.75) is 32.0 Å². The summed E-state index contributed by atoms with van der Waals surface area (Å²) in [5, 5.41) is 4.13. The average molecular weight is 426 g/mol. The lowest BCUT2D eigenvalue weighted by molar-refractivity contribution is -0.858. The van der Waals surface area contributed by atoms with Gasteiger partial charge in [0.2, 0.25) is 5.91 Å². The molecule has 0 aliphatic rings. The van der Waals surface area contributed by atoms with E-state index in [0.29, 0.717) is 22.6 Å². The summed E-state index contributed by atoms with van der Waals surface area (Å²) in [6.45, 7) is 5.60. The Hall–Kier alpha value is -2.64. The van der Waals surface area contributed by atoms with Gasteiger partial charge < -0.3 is 10.2 Å². The van der Waals surface area contributed by atoms with E-state index in [1.165, 1.54) is 22.2 Å². The van der Waals surface area contributed by atoms with Gasteiger partial charge in [0.05, 0.1) is 37.3 Å². The highest BCUT2D eigenvalue weighted by Crippen LogP contribution is 2.19. The molecule has 0 unspecified atom stereocenters. The van der Waals surface area contributed by atoms with Crippen molar-refractivity contribution in [1.82, 2.24) is 9.55 Å². The van der Waals surface area contributed by atoms with Gasteiger partial charge >= 0.3 is 0 Å². The van der Waals surface area contributed by atoms with Crippen LogP contribution in [-0.2, 0) is 11.3 Å². The fourth-order valence-corrected chi connectivity index (χ4v) is 4.02. The first-order valence-electron chi connectivity index (χ1n) is 10.1. The maximum absolute atomic E-state index is 13.0. The van der Waals surface area contributed by atoms with Crippen LogP contribution in [0, 0.1) is 13.8 Å². The minimum Gasteiger partial charge on any atom is -0.340 e. The lowest BCUT2D eigenvalue weighted by atomic mass is 10.1. The van der Waals surface area contributed by atoms with E-state index in [0.717, 1.165) is 24.2 Å². The van der Waals surface area contributed by atoms with Crippen LogP contribution < -0.4 is 15.8 Å². The van der Waals surface area contributed by atoms with Crippen LogP contribution in [-0.4, -0.2) is 41.9 Å². The Labute approximate surface area is 181 Å². The number of benzene rings is 2. The zero-order valence-electron chi connectivity index (χ0n) is 18.0. The third kappa shape index (κ3) is 5.49. The van der Waals surface area contributed by atoms with Crippen molar-refractivity contribution in [3.8, 4) is 0 Å². The van der Waals surface area contributed by atoms with Gasteiger partial charge in [0.15, 0.2) is 5.16 Å². The van der Waals surface area contributed by atoms with Crippen LogP contribution in [0.2, 0.25) is 0 Å². The summed E-state index contributed by atoms with van der Waals surface area (Å²) in [5.41, 5.74) is 3.71. The second-order valence-electron chi connectivity index (χ2n) is 7.81. The minimum atomic E-state index is -0.116. The molecule has 7 heteroatoms. The second-order valence-corrected chi connectivity index (χ2v) is 8.76. The fraction of sp³-hybridized carbons (Fsp3) is 0.348. The minimum absolute atomic E-state index is 0.0496. The first kappa shape index (κ1) is 22.1. The highest BCUT2D eigenvalue weighted by atomic mass is 32.2. The SMILES string of the molecule is Cc1ccc(NC(=O)CSc2nc3ccccc3c(=O)n2CCC[NH+](C)C)cc1C. The smallest absolute Gasteiger partial charge is 0.262 e. The van der Waals surface area contributed by atoms with Gasteiger partial charge in [-0.25, -0.2) is 4.98 Å². The average Bonchev–Trinajstić information content (AvgIpc) is 2.71. The van der Waals surface area contributed by atoms with E-state index in [-0.39, 0.29) is 17.2 Å². The molecule has 0 saturated heterocycles. The molecule has 1 amide bonds. The van der Waals surface area contributed by atoms with Crippen LogP contribution in [0.4, 0.5) is 5.69 Å². The van der Waals surface area contributed by atoms with Crippen molar-refractivity contribution < 1.29 is 9.69 Å². The van der Waals surface area contributed by atoms with Gasteiger partial charge in [-0.1, -0.05) is 30.0 Å². The third-order valence-corrected chi connectivity index (χ3v) is 5.98. The molecule has 2 aromatic carbocycles. The molecule has 1 heterocycles. The predicted octanol–water partition coefficient (Wildman–Crippen LogP) is 2.28. The van der Waals surface area contributed by atoms with Crippen molar-refractivity contribution in [3.05, 3.63) is 63.9 Å². The van der Waals surface area contributed by atoms with Gasteiger partial charge in [-0.2, -0.15) is 0 Å². The van der Waals surface area contributed by atoms with Gasteiger partial charge in [-0.05, 0) is 49.2 Å². The van der Waals surface area contributed by atoms with Crippen molar-refractivity contribution >= 4 is 34.3 Å². The number of aromatic nitrogens is 2. The number of quaternary nitrogens is 1. The highest BCUT2D eigenvalue weighted by Gasteiger charge is 2.14. The second kappa shape index (κ2) is 9.91. The Morgan fingerprint density at radius 3 is 2.63 bits per heavy atom. The highest BCUT2D eigenvalue weighted by molar-refractivity contribution is 7.99. The monoisotopic (exact) mass is 425 g/mol. The number of hydrogen-bond donors (Lipinski definition) is 2. The van der Waals surface area contributed by atoms with Gasteiger partial charge in [-0.15, -0.1) is 0 Å². The van der Waals surface area contributed by atoms with Gasteiger partial charge in [0.25, 0.3) is 5.56 Å². The lowest BCUT2D eigenvalue weighted by Gasteiger charge is -2.14. The van der Waals surface area contributed by atoms with E-state index in [1.807, 2.05) is 50.2 Å². The number of para-hydroxylation sites is 1. The van der Waals surface area contributed by atoms with Crippen LogP contribution >= 0.6 is 11.8 Å². The topological polar surface area (TPSA) is 68.4 Å². The fourth-order valence-electron chi connectivity index (χ4n) is 3.19. The molecule has 0 radical (unpaired) electrons. The molecular formula is C23H29N4O2S+. The number of carbonyl (C=O) groups is 1. The van der Waals surface area contributed by atoms with Gasteiger partial charge in [-0.3, -0.25) is 14.2 Å². The quantitative estimate of drug-likeness (QED) is 0.429. The molecule has 2 N–H and O–H groups in total. The Balaban J connectivity index is 1.78. The number of fused-ring (bicyclic) bond motifs is 1. The van der Waals surface area contributed by atoms with E-state index < -0.39 is 0 Å². The Kier molecular flexibility index (Phi) is 7.29. The van der Waals surface area contributed by atoms with Gasteiger partial charge in [0, 0.05) is 18.7 Å². The Bertz CT molecular complexity index is 1110. The number of rotatable bonds is 8. The van der Waals surface area contributed by atoms with Crippen LogP contribution in [0.1, 0.15) is 17.5 Å². The molecule has 1 aromatic heterocycles. The first-order valence-corrected chi connectivity index (χ1v) is 11.1. The summed E-state index contributed by atoms with van der Waals surface area (Å²) in [7, 11) is 4.18. The molecule has 0 spiro atoms. The molecule has 6 nitrogen and oxygen atoms in total. The summed E-state index contributed by atoms with van der Waals surface area (Å²) in [5.74, 6) is 0.0753. The van der Waals surface area contributed by atoms with Crippen LogP contribution in [0.3, 0.4) is 0 Å². The summed E-state index contributed by atoms with van der Waals surface area (Å²) < 4.78 is 1.71. The predicted molar refractivity (Wildman–Crippen MR) is 124 cm³/mol. The molecule has 0 atom stereocenters. The van der Waals surface area contributed by atoms with Crippen LogP contribution in [0.25, 0.3) is 10.9 Å². The summed E-state index contributed by atoms with van der Waals surface area (Å²) >= 11 is 1.30. The number of aryl methyl sites for hydroxylation is 2. The number of thioether (sulfide) groups is 1. The number of amides is 1. The van der Waals surface area contributed by atoms with Crippen LogP contribution in [0.15, 0.2) is 52.4 Å². The Morgan fingerprint density at radius 1 is 1.13 bits per heavy atom. The van der Waals surface area contributed by atoms with Crippen molar-refractivity contribution in [1.29, 1.82) is 0 Å². The maximum atomic E-state index is 13.0. The number of nitrogens with one attached hydrogen (secondary N) is 2. The van der Waals surface area contributed by atoms with E-state index in [4.69, 9.17) is 0 Å². The Morgan fingerprint density at radius 2 is 1.90 bits per heavy atom. The van der Waals surface area contributed by atoms with Crippen molar-refractivity contribution in [2.24, 2.45) is 0 Å². The molecule has 0 saturated carbocycles. The lowest BCUT2D eigenvalue weighted by Crippen LogP contribution is -3.05. The summed E-state index contributed by atoms with van der Waals surface area (Å²) in [6.07, 6.45) is 0.866. The number of nitrogens with zero attached hydrogens (tertiary/aromatic N) is 2. The van der Waals surface area contributed by atoms with E-state index >= 15 is 0 Å². The van der Waals surface area contributed by atoms with E-state index in [1.54, 1.807) is 10.6 Å². The molecule has 158 valence electrons. The molecular weight excluding hydrogens is 396 g/mol. The van der Waals surface area contributed by atoms with Crippen LogP contribution in [0.5, 0.6) is 0 Å². The van der Waals surface area contributed by atoms with E-state index in [9.17, 15) is 9.59 Å². The summed E-state index contributed by atoms with van der Waals surface area (Å²) in [6, 6.07) is 13.2. The zero-order valence-corrected chi connectivity index (χ0v) is 18.8. The molecule has 0 aliphatic heterocycles. The third-order valence-electron chi connectivity index (χ3n) is 5.01. The number of carbonyl (C=O) groups excluding carboxylic acids is 1. The van der Waals surface area contributed by atoms with Gasteiger partial charge in [0.1, 0.15) is 0 Å². The standard InChI is InChI=1S/C23H28N4O2S/c1-16-10-11-18(14-17(16)2)24-21(28)15-30-23-25-20-9-6-5-8-19(20)22(29)27(23)13-7-12-26(3)4/h5-6,8-11,14H,7,12-13,15H2,1-4H3,(H,24,28)/p+1. The largest absolute Gasteiger partial charge is 0.340 e. The number of hydrogen-bond acceptors (Lipinski definition) is 4. The van der Waals surface area contributed by atoms with Crippen molar-refractivity contribution in [2.75, 3.05) is 31.7 Å². The normalized spacial score (nSPS) is 11.2. The molecule has 0 bridgehead atoms. The molecule has 3 rings (SSSR count). The first-order chi connectivity index (χ1) is 14.3. The van der Waals surface area contributed by atoms with Crippen molar-refractivity contribution in [3.63, 3.8) is 0 Å². The zero-order chi connectivity index (χ0) is 21.7. The van der Waals surface area contributed by atoms with E-state index in [2.05, 4.69) is 24.4 Å². The maximum Gasteiger partial charge on any atom is 0.262 e. The summed E-state index contributed by atoms with van der Waals surface area (Å²) in [4.78, 5) is 31.5. The molecule has 0 aliphatic carbocycles. The molecule has 3 aromatic rings. The number of anilines is 1. The molecule has 30 heavy (non-hydrogen) atoms.